The second-order valence-corrected chi connectivity index (χ2v) is 6.67. The van der Waals surface area contributed by atoms with Crippen molar-refractivity contribution in [2.75, 3.05) is 11.9 Å². The van der Waals surface area contributed by atoms with Gasteiger partial charge in [-0.05, 0) is 36.6 Å². The standard InChI is InChI=1S/C22H30N4O/c1-4-5-13-23-22(24-15-19-11-9-17(2)10-12-19)25-16-20-7-6-8-21(14-20)26-18(3)27/h6-12,14H,4-5,13,15-16H2,1-3H3,(H,26,27)(H2,23,24,25). The topological polar surface area (TPSA) is 65.5 Å². The van der Waals surface area contributed by atoms with Crippen molar-refractivity contribution < 1.29 is 4.79 Å². The van der Waals surface area contributed by atoms with Crippen LogP contribution in [0.3, 0.4) is 0 Å². The fourth-order valence-electron chi connectivity index (χ4n) is 2.57. The zero-order chi connectivity index (χ0) is 19.5. The van der Waals surface area contributed by atoms with E-state index in [-0.39, 0.29) is 5.91 Å². The van der Waals surface area contributed by atoms with E-state index in [1.807, 2.05) is 24.3 Å². The van der Waals surface area contributed by atoms with Crippen LogP contribution in [0.1, 0.15) is 43.4 Å². The third-order valence-corrected chi connectivity index (χ3v) is 4.07. The molecule has 2 aromatic rings. The molecule has 0 aliphatic heterocycles. The first kappa shape index (κ1) is 20.5. The molecule has 0 radical (unpaired) electrons. The van der Waals surface area contributed by atoms with Gasteiger partial charge in [0.15, 0.2) is 5.96 Å². The molecule has 0 atom stereocenters. The third kappa shape index (κ3) is 7.94. The van der Waals surface area contributed by atoms with E-state index in [0.717, 1.165) is 43.1 Å². The first-order chi connectivity index (χ1) is 13.1. The molecule has 0 spiro atoms. The van der Waals surface area contributed by atoms with Crippen LogP contribution in [0.5, 0.6) is 0 Å². The number of carbonyl (C=O) groups is 1. The number of anilines is 1. The Kier molecular flexibility index (Phi) is 8.36. The number of amides is 1. The number of aryl methyl sites for hydroxylation is 1. The average Bonchev–Trinajstić information content (AvgIpc) is 2.65. The van der Waals surface area contributed by atoms with Gasteiger partial charge in [-0.2, -0.15) is 0 Å². The van der Waals surface area contributed by atoms with Crippen molar-refractivity contribution in [2.45, 2.75) is 46.7 Å². The van der Waals surface area contributed by atoms with Crippen molar-refractivity contribution >= 4 is 17.6 Å². The lowest BCUT2D eigenvalue weighted by Gasteiger charge is -2.13. The molecule has 0 aromatic heterocycles. The highest BCUT2D eigenvalue weighted by atomic mass is 16.1. The van der Waals surface area contributed by atoms with Crippen LogP contribution in [0, 0.1) is 6.92 Å². The van der Waals surface area contributed by atoms with Gasteiger partial charge in [0.2, 0.25) is 5.91 Å². The summed E-state index contributed by atoms with van der Waals surface area (Å²) >= 11 is 0. The van der Waals surface area contributed by atoms with Gasteiger partial charge in [-0.15, -0.1) is 0 Å². The summed E-state index contributed by atoms with van der Waals surface area (Å²) < 4.78 is 0. The monoisotopic (exact) mass is 366 g/mol. The van der Waals surface area contributed by atoms with Crippen molar-refractivity contribution in [1.29, 1.82) is 0 Å². The van der Waals surface area contributed by atoms with E-state index in [1.165, 1.54) is 18.1 Å². The quantitative estimate of drug-likeness (QED) is 0.376. The minimum absolute atomic E-state index is 0.0719. The van der Waals surface area contributed by atoms with E-state index in [1.54, 1.807) is 0 Å². The van der Waals surface area contributed by atoms with E-state index in [2.05, 4.69) is 54.1 Å². The molecular formula is C22H30N4O. The number of nitrogens with one attached hydrogen (secondary N) is 3. The van der Waals surface area contributed by atoms with Crippen molar-refractivity contribution in [2.24, 2.45) is 4.99 Å². The van der Waals surface area contributed by atoms with Crippen LogP contribution in [0.2, 0.25) is 0 Å². The van der Waals surface area contributed by atoms with Gasteiger partial charge < -0.3 is 16.0 Å². The molecule has 2 rings (SSSR count). The molecule has 0 bridgehead atoms. The maximum atomic E-state index is 11.2. The number of benzene rings is 2. The number of nitrogens with zero attached hydrogens (tertiary/aromatic N) is 1. The summed E-state index contributed by atoms with van der Waals surface area (Å²) in [6.07, 6.45) is 2.24. The zero-order valence-electron chi connectivity index (χ0n) is 16.5. The molecule has 0 aliphatic rings. The molecule has 1 amide bonds. The van der Waals surface area contributed by atoms with E-state index >= 15 is 0 Å². The van der Waals surface area contributed by atoms with Gasteiger partial charge in [0.25, 0.3) is 0 Å². The van der Waals surface area contributed by atoms with Crippen molar-refractivity contribution in [1.82, 2.24) is 10.6 Å². The Morgan fingerprint density at radius 2 is 1.81 bits per heavy atom. The lowest BCUT2D eigenvalue weighted by molar-refractivity contribution is -0.114. The molecule has 0 heterocycles. The summed E-state index contributed by atoms with van der Waals surface area (Å²) in [5, 5.41) is 9.60. The predicted molar refractivity (Wildman–Crippen MR) is 113 cm³/mol. The second-order valence-electron chi connectivity index (χ2n) is 6.67. The van der Waals surface area contributed by atoms with Crippen LogP contribution in [0.4, 0.5) is 5.69 Å². The summed E-state index contributed by atoms with van der Waals surface area (Å²) in [5.41, 5.74) is 4.32. The van der Waals surface area contributed by atoms with Gasteiger partial charge >= 0.3 is 0 Å². The normalized spacial score (nSPS) is 11.1. The summed E-state index contributed by atoms with van der Waals surface area (Å²) in [5.74, 6) is 0.728. The highest BCUT2D eigenvalue weighted by Crippen LogP contribution is 2.11. The third-order valence-electron chi connectivity index (χ3n) is 4.07. The Morgan fingerprint density at radius 1 is 1.04 bits per heavy atom. The molecule has 3 N–H and O–H groups in total. The summed E-state index contributed by atoms with van der Waals surface area (Å²) in [6, 6.07) is 16.3. The molecule has 0 fully saturated rings. The van der Waals surface area contributed by atoms with Crippen LogP contribution < -0.4 is 16.0 Å². The van der Waals surface area contributed by atoms with Crippen molar-refractivity contribution in [3.63, 3.8) is 0 Å². The van der Waals surface area contributed by atoms with Gasteiger partial charge in [-0.3, -0.25) is 4.79 Å². The second kappa shape index (κ2) is 11.0. The summed E-state index contributed by atoms with van der Waals surface area (Å²) in [4.78, 5) is 15.9. The molecular weight excluding hydrogens is 336 g/mol. The first-order valence-electron chi connectivity index (χ1n) is 9.51. The number of carbonyl (C=O) groups excluding carboxylic acids is 1. The number of unbranched alkanes of at least 4 members (excludes halogenated alkanes) is 1. The molecule has 5 nitrogen and oxygen atoms in total. The molecule has 0 aliphatic carbocycles. The number of aliphatic imine (C=N–C) groups is 1. The van der Waals surface area contributed by atoms with Gasteiger partial charge in [0.05, 0.1) is 6.54 Å². The molecule has 27 heavy (non-hydrogen) atoms. The van der Waals surface area contributed by atoms with Crippen LogP contribution >= 0.6 is 0 Å². The Labute approximate surface area is 162 Å². The molecule has 2 aromatic carbocycles. The van der Waals surface area contributed by atoms with Gasteiger partial charge in [0, 0.05) is 25.7 Å². The number of hydrogen-bond acceptors (Lipinski definition) is 2. The first-order valence-corrected chi connectivity index (χ1v) is 9.51. The van der Waals surface area contributed by atoms with E-state index in [9.17, 15) is 4.79 Å². The minimum Gasteiger partial charge on any atom is -0.356 e. The Hall–Kier alpha value is -2.82. The number of guanidine groups is 1. The van der Waals surface area contributed by atoms with Crippen LogP contribution in [-0.2, 0) is 17.9 Å². The van der Waals surface area contributed by atoms with E-state index in [0.29, 0.717) is 6.54 Å². The van der Waals surface area contributed by atoms with Gasteiger partial charge in [-0.1, -0.05) is 55.3 Å². The van der Waals surface area contributed by atoms with E-state index in [4.69, 9.17) is 4.99 Å². The minimum atomic E-state index is -0.0719. The van der Waals surface area contributed by atoms with E-state index < -0.39 is 0 Å². The SMILES string of the molecule is CCCCNC(=NCc1cccc(NC(C)=O)c1)NCc1ccc(C)cc1. The highest BCUT2D eigenvalue weighted by Gasteiger charge is 2.01. The highest BCUT2D eigenvalue weighted by molar-refractivity contribution is 5.88. The van der Waals surface area contributed by atoms with Gasteiger partial charge in [-0.25, -0.2) is 4.99 Å². The fraction of sp³-hybridized carbons (Fsp3) is 0.364. The average molecular weight is 367 g/mol. The summed E-state index contributed by atoms with van der Waals surface area (Å²) in [6.45, 7) is 7.93. The molecule has 0 unspecified atom stereocenters. The summed E-state index contributed by atoms with van der Waals surface area (Å²) in [7, 11) is 0. The smallest absolute Gasteiger partial charge is 0.221 e. The zero-order valence-corrected chi connectivity index (χ0v) is 16.5. The molecule has 0 saturated heterocycles. The fourth-order valence-corrected chi connectivity index (χ4v) is 2.57. The Balaban J connectivity index is 2.01. The van der Waals surface area contributed by atoms with Crippen LogP contribution in [-0.4, -0.2) is 18.4 Å². The Morgan fingerprint density at radius 3 is 2.52 bits per heavy atom. The predicted octanol–water partition coefficient (Wildman–Crippen LogP) is 3.99. The lowest BCUT2D eigenvalue weighted by Crippen LogP contribution is -2.37. The molecule has 5 heteroatoms. The van der Waals surface area contributed by atoms with Gasteiger partial charge in [0.1, 0.15) is 0 Å². The maximum Gasteiger partial charge on any atom is 0.221 e. The van der Waals surface area contributed by atoms with Crippen molar-refractivity contribution in [3.05, 3.63) is 65.2 Å². The lowest BCUT2D eigenvalue weighted by atomic mass is 10.1. The number of rotatable bonds is 8. The molecule has 0 saturated carbocycles. The Bertz CT molecular complexity index is 753. The maximum absolute atomic E-state index is 11.2. The van der Waals surface area contributed by atoms with Crippen LogP contribution in [0.25, 0.3) is 0 Å². The van der Waals surface area contributed by atoms with Crippen LogP contribution in [0.15, 0.2) is 53.5 Å². The number of hydrogen-bond donors (Lipinski definition) is 3. The largest absolute Gasteiger partial charge is 0.356 e. The van der Waals surface area contributed by atoms with Crippen molar-refractivity contribution in [3.8, 4) is 0 Å². The molecule has 144 valence electrons.